The number of ether oxygens (including phenoxy) is 1. The number of halogens is 1. The SMILES string of the molecule is CC1CN(c2cccc(F)c2C=O)CC(CO)O1. The minimum atomic E-state index is -0.526. The summed E-state index contributed by atoms with van der Waals surface area (Å²) in [5.41, 5.74) is 0.613. The number of rotatable bonds is 3. The first kappa shape index (κ1) is 13.0. The maximum atomic E-state index is 13.5. The summed E-state index contributed by atoms with van der Waals surface area (Å²) in [6.45, 7) is 2.81. The second-order valence-electron chi connectivity index (χ2n) is 4.45. The number of aliphatic hydroxyl groups excluding tert-OH is 1. The van der Waals surface area contributed by atoms with Crippen LogP contribution in [0.5, 0.6) is 0 Å². The van der Waals surface area contributed by atoms with Crippen LogP contribution in [0.1, 0.15) is 17.3 Å². The fourth-order valence-electron chi connectivity index (χ4n) is 2.26. The minimum Gasteiger partial charge on any atom is -0.394 e. The van der Waals surface area contributed by atoms with Crippen LogP contribution in [0.4, 0.5) is 10.1 Å². The molecular weight excluding hydrogens is 237 g/mol. The third-order valence-corrected chi connectivity index (χ3v) is 3.02. The van der Waals surface area contributed by atoms with Gasteiger partial charge in [-0.15, -0.1) is 0 Å². The molecule has 1 aromatic rings. The van der Waals surface area contributed by atoms with Crippen molar-refractivity contribution in [3.8, 4) is 0 Å². The standard InChI is InChI=1S/C13H16FNO3/c1-9-5-15(6-10(7-16)18-9)13-4-2-3-12(14)11(13)8-17/h2-4,8-10,16H,5-7H2,1H3. The summed E-state index contributed by atoms with van der Waals surface area (Å²) in [4.78, 5) is 12.9. The third kappa shape index (κ3) is 2.52. The summed E-state index contributed by atoms with van der Waals surface area (Å²) in [6.07, 6.45) is 0.147. The zero-order valence-electron chi connectivity index (χ0n) is 10.2. The molecule has 1 aliphatic heterocycles. The molecule has 1 heterocycles. The number of aliphatic hydroxyl groups is 1. The largest absolute Gasteiger partial charge is 0.394 e. The highest BCUT2D eigenvalue weighted by atomic mass is 19.1. The van der Waals surface area contributed by atoms with E-state index in [1.165, 1.54) is 6.07 Å². The second-order valence-corrected chi connectivity index (χ2v) is 4.45. The molecule has 1 N–H and O–H groups in total. The van der Waals surface area contributed by atoms with Crippen LogP contribution in [0.3, 0.4) is 0 Å². The first-order valence-electron chi connectivity index (χ1n) is 5.90. The molecule has 0 saturated carbocycles. The van der Waals surface area contributed by atoms with Crippen LogP contribution in [0.15, 0.2) is 18.2 Å². The predicted octanol–water partition coefficient (Wildman–Crippen LogP) is 1.22. The lowest BCUT2D eigenvalue weighted by Gasteiger charge is -2.38. The lowest BCUT2D eigenvalue weighted by Crippen LogP contribution is -2.48. The van der Waals surface area contributed by atoms with Crippen LogP contribution in [0.25, 0.3) is 0 Å². The molecule has 18 heavy (non-hydrogen) atoms. The van der Waals surface area contributed by atoms with Crippen molar-refractivity contribution in [2.75, 3.05) is 24.6 Å². The Balaban J connectivity index is 2.30. The van der Waals surface area contributed by atoms with Crippen molar-refractivity contribution in [1.29, 1.82) is 0 Å². The average molecular weight is 253 g/mol. The topological polar surface area (TPSA) is 49.8 Å². The van der Waals surface area contributed by atoms with E-state index in [-0.39, 0.29) is 24.4 Å². The molecule has 4 nitrogen and oxygen atoms in total. The Morgan fingerprint density at radius 3 is 3.00 bits per heavy atom. The minimum absolute atomic E-state index is 0.0586. The summed E-state index contributed by atoms with van der Waals surface area (Å²) in [7, 11) is 0. The van der Waals surface area contributed by atoms with Gasteiger partial charge in [0.1, 0.15) is 5.82 Å². The molecule has 5 heteroatoms. The molecule has 2 rings (SSSR count). The number of hydrogen-bond acceptors (Lipinski definition) is 4. The number of aldehydes is 1. The molecular formula is C13H16FNO3. The Bertz CT molecular complexity index is 438. The van der Waals surface area contributed by atoms with Crippen molar-refractivity contribution in [2.24, 2.45) is 0 Å². The number of carbonyl (C=O) groups excluding carboxylic acids is 1. The van der Waals surface area contributed by atoms with Gasteiger partial charge in [0.25, 0.3) is 0 Å². The highest BCUT2D eigenvalue weighted by Crippen LogP contribution is 2.25. The Morgan fingerprint density at radius 1 is 1.56 bits per heavy atom. The molecule has 0 bridgehead atoms. The van der Waals surface area contributed by atoms with E-state index < -0.39 is 5.82 Å². The number of morpholine rings is 1. The van der Waals surface area contributed by atoms with Crippen molar-refractivity contribution in [2.45, 2.75) is 19.1 Å². The van der Waals surface area contributed by atoms with Gasteiger partial charge < -0.3 is 14.7 Å². The van der Waals surface area contributed by atoms with Gasteiger partial charge in [0, 0.05) is 13.1 Å². The lowest BCUT2D eigenvalue weighted by atomic mass is 10.1. The van der Waals surface area contributed by atoms with Crippen LogP contribution in [-0.2, 0) is 4.74 Å². The zero-order valence-corrected chi connectivity index (χ0v) is 10.2. The van der Waals surface area contributed by atoms with Crippen LogP contribution in [0.2, 0.25) is 0 Å². The van der Waals surface area contributed by atoms with Crippen molar-refractivity contribution >= 4 is 12.0 Å². The average Bonchev–Trinajstić information content (AvgIpc) is 2.37. The fourth-order valence-corrected chi connectivity index (χ4v) is 2.26. The molecule has 0 spiro atoms. The van der Waals surface area contributed by atoms with Gasteiger partial charge in [-0.1, -0.05) is 6.07 Å². The Morgan fingerprint density at radius 2 is 2.33 bits per heavy atom. The Hall–Kier alpha value is -1.46. The maximum absolute atomic E-state index is 13.5. The number of nitrogens with zero attached hydrogens (tertiary/aromatic N) is 1. The third-order valence-electron chi connectivity index (χ3n) is 3.02. The van der Waals surface area contributed by atoms with Gasteiger partial charge in [-0.2, -0.15) is 0 Å². The molecule has 2 unspecified atom stereocenters. The fraction of sp³-hybridized carbons (Fsp3) is 0.462. The molecule has 0 aliphatic carbocycles. The summed E-state index contributed by atoms with van der Waals surface area (Å²) < 4.78 is 19.1. The van der Waals surface area contributed by atoms with Crippen molar-refractivity contribution in [1.82, 2.24) is 0 Å². The van der Waals surface area contributed by atoms with Gasteiger partial charge >= 0.3 is 0 Å². The van der Waals surface area contributed by atoms with Gasteiger partial charge in [0.05, 0.1) is 30.1 Å². The van der Waals surface area contributed by atoms with Crippen LogP contribution >= 0.6 is 0 Å². The molecule has 98 valence electrons. The second kappa shape index (κ2) is 5.46. The van der Waals surface area contributed by atoms with E-state index in [9.17, 15) is 9.18 Å². The number of hydrogen-bond donors (Lipinski definition) is 1. The summed E-state index contributed by atoms with van der Waals surface area (Å²) in [6, 6.07) is 4.55. The highest BCUT2D eigenvalue weighted by molar-refractivity contribution is 5.85. The summed E-state index contributed by atoms with van der Waals surface area (Å²) >= 11 is 0. The van der Waals surface area contributed by atoms with Gasteiger partial charge in [-0.25, -0.2) is 4.39 Å². The van der Waals surface area contributed by atoms with Crippen LogP contribution < -0.4 is 4.90 Å². The monoisotopic (exact) mass is 253 g/mol. The van der Waals surface area contributed by atoms with Gasteiger partial charge in [-0.05, 0) is 19.1 Å². The lowest BCUT2D eigenvalue weighted by molar-refractivity contribution is -0.0421. The van der Waals surface area contributed by atoms with E-state index in [2.05, 4.69) is 0 Å². The maximum Gasteiger partial charge on any atom is 0.155 e. The van der Waals surface area contributed by atoms with E-state index in [0.29, 0.717) is 25.1 Å². The number of benzene rings is 1. The van der Waals surface area contributed by atoms with Crippen LogP contribution in [-0.4, -0.2) is 43.3 Å². The Kier molecular flexibility index (Phi) is 3.93. The first-order chi connectivity index (χ1) is 8.65. The Labute approximate surface area is 105 Å². The quantitative estimate of drug-likeness (QED) is 0.823. The molecule has 1 aromatic carbocycles. The molecule has 1 fully saturated rings. The predicted molar refractivity (Wildman–Crippen MR) is 65.4 cm³/mol. The summed E-state index contributed by atoms with van der Waals surface area (Å²) in [5.74, 6) is -0.526. The highest BCUT2D eigenvalue weighted by Gasteiger charge is 2.26. The van der Waals surface area contributed by atoms with E-state index in [4.69, 9.17) is 9.84 Å². The van der Waals surface area contributed by atoms with E-state index in [0.717, 1.165) is 0 Å². The van der Waals surface area contributed by atoms with Crippen molar-refractivity contribution < 1.29 is 19.0 Å². The normalized spacial score (nSPS) is 24.1. The molecule has 1 aliphatic rings. The smallest absolute Gasteiger partial charge is 0.155 e. The summed E-state index contributed by atoms with van der Waals surface area (Å²) in [5, 5.41) is 9.16. The van der Waals surface area contributed by atoms with Crippen LogP contribution in [0, 0.1) is 5.82 Å². The van der Waals surface area contributed by atoms with Gasteiger partial charge in [-0.3, -0.25) is 4.79 Å². The van der Waals surface area contributed by atoms with E-state index in [1.807, 2.05) is 11.8 Å². The first-order valence-corrected chi connectivity index (χ1v) is 5.90. The van der Waals surface area contributed by atoms with Crippen molar-refractivity contribution in [3.05, 3.63) is 29.6 Å². The van der Waals surface area contributed by atoms with Gasteiger partial charge in [0.2, 0.25) is 0 Å². The molecule has 0 aromatic heterocycles. The van der Waals surface area contributed by atoms with E-state index >= 15 is 0 Å². The van der Waals surface area contributed by atoms with Crippen molar-refractivity contribution in [3.63, 3.8) is 0 Å². The molecule has 1 saturated heterocycles. The van der Waals surface area contributed by atoms with E-state index in [1.54, 1.807) is 12.1 Å². The molecule has 0 radical (unpaired) electrons. The zero-order chi connectivity index (χ0) is 13.1. The molecule has 0 amide bonds. The van der Waals surface area contributed by atoms with Gasteiger partial charge in [0.15, 0.2) is 6.29 Å². The number of anilines is 1. The molecule has 2 atom stereocenters. The number of carbonyl (C=O) groups is 1.